The first-order valence-electron chi connectivity index (χ1n) is 10.8. The van der Waals surface area contributed by atoms with Crippen molar-refractivity contribution in [2.75, 3.05) is 0 Å². The minimum absolute atomic E-state index is 0.248. The van der Waals surface area contributed by atoms with Crippen molar-refractivity contribution in [3.63, 3.8) is 0 Å². The van der Waals surface area contributed by atoms with Crippen LogP contribution in [0.3, 0.4) is 0 Å². The molecule has 0 atom stereocenters. The van der Waals surface area contributed by atoms with Crippen molar-refractivity contribution in [3.05, 3.63) is 85.0 Å². The summed E-state index contributed by atoms with van der Waals surface area (Å²) in [6, 6.07) is 13.8. The zero-order valence-corrected chi connectivity index (χ0v) is 20.1. The lowest BCUT2D eigenvalue weighted by Gasteiger charge is -2.24. The van der Waals surface area contributed by atoms with Crippen molar-refractivity contribution in [3.8, 4) is 11.3 Å². The lowest BCUT2D eigenvalue weighted by Crippen LogP contribution is -2.24. The van der Waals surface area contributed by atoms with Gasteiger partial charge in [0, 0.05) is 21.3 Å². The van der Waals surface area contributed by atoms with Gasteiger partial charge in [0.05, 0.1) is 17.5 Å². The molecule has 0 saturated heterocycles. The number of rotatable bonds is 4. The van der Waals surface area contributed by atoms with E-state index in [-0.39, 0.29) is 17.5 Å². The molecule has 0 unspecified atom stereocenters. The van der Waals surface area contributed by atoms with E-state index in [4.69, 9.17) is 4.42 Å². The highest BCUT2D eigenvalue weighted by molar-refractivity contribution is 9.10. The molecule has 2 aromatic carbocycles. The zero-order valence-electron chi connectivity index (χ0n) is 17.7. The Morgan fingerprint density at radius 1 is 1.09 bits per heavy atom. The summed E-state index contributed by atoms with van der Waals surface area (Å²) in [6.07, 6.45) is 7.17. The number of hydrogen-bond donors (Lipinski definition) is 0. The Morgan fingerprint density at radius 2 is 1.88 bits per heavy atom. The van der Waals surface area contributed by atoms with Gasteiger partial charge in [-0.2, -0.15) is 5.10 Å². The van der Waals surface area contributed by atoms with E-state index < -0.39 is 0 Å². The molecule has 4 aromatic rings. The van der Waals surface area contributed by atoms with Crippen molar-refractivity contribution in [2.24, 2.45) is 10.2 Å². The van der Waals surface area contributed by atoms with Crippen LogP contribution < -0.4 is 10.4 Å². The highest BCUT2D eigenvalue weighted by Crippen LogP contribution is 2.32. The third kappa shape index (κ3) is 4.77. The molecule has 2 heterocycles. The standard InChI is InChI=1S/C25H21BrFN3O2S/c26-18-8-11-23-17(12-18)13-21(24(31)32-23)22-15-33-25(30(22)20-4-2-1-3-5-20)29-28-14-16-6-9-19(27)10-7-16/h6-15,20H,1-5H2/b28-14-,29-25-. The summed E-state index contributed by atoms with van der Waals surface area (Å²) in [6.45, 7) is 0. The van der Waals surface area contributed by atoms with Gasteiger partial charge >= 0.3 is 5.63 Å². The fourth-order valence-corrected chi connectivity index (χ4v) is 5.54. The first kappa shape index (κ1) is 22.0. The minimum Gasteiger partial charge on any atom is -0.422 e. The topological polar surface area (TPSA) is 59.9 Å². The predicted molar refractivity (Wildman–Crippen MR) is 133 cm³/mol. The zero-order chi connectivity index (χ0) is 22.8. The first-order valence-corrected chi connectivity index (χ1v) is 12.5. The molecule has 168 valence electrons. The molecule has 5 rings (SSSR count). The number of nitrogens with zero attached hydrogens (tertiary/aromatic N) is 3. The molecule has 1 saturated carbocycles. The minimum atomic E-state index is -0.367. The Morgan fingerprint density at radius 3 is 2.67 bits per heavy atom. The molecule has 0 amide bonds. The quantitative estimate of drug-likeness (QED) is 0.170. The summed E-state index contributed by atoms with van der Waals surface area (Å²) in [5, 5.41) is 11.5. The van der Waals surface area contributed by atoms with Crippen LogP contribution >= 0.6 is 27.3 Å². The maximum Gasteiger partial charge on any atom is 0.345 e. The lowest BCUT2D eigenvalue weighted by molar-refractivity contribution is 0.350. The number of halogens is 2. The Labute approximate surface area is 202 Å². The molecular formula is C25H21BrFN3O2S. The van der Waals surface area contributed by atoms with Gasteiger partial charge in [-0.1, -0.05) is 47.3 Å². The normalized spacial score (nSPS) is 15.6. The van der Waals surface area contributed by atoms with Crippen molar-refractivity contribution < 1.29 is 8.81 Å². The van der Waals surface area contributed by atoms with Gasteiger partial charge in [0.2, 0.25) is 4.80 Å². The van der Waals surface area contributed by atoms with Crippen LogP contribution in [0, 0.1) is 5.82 Å². The molecule has 1 aliphatic rings. The Hall–Kier alpha value is -2.84. The number of aromatic nitrogens is 1. The highest BCUT2D eigenvalue weighted by atomic mass is 79.9. The summed E-state index contributed by atoms with van der Waals surface area (Å²) in [4.78, 5) is 13.6. The molecule has 1 aliphatic carbocycles. The second kappa shape index (κ2) is 9.57. The summed E-state index contributed by atoms with van der Waals surface area (Å²) >= 11 is 4.94. The second-order valence-electron chi connectivity index (χ2n) is 8.09. The van der Waals surface area contributed by atoms with E-state index in [1.54, 1.807) is 24.4 Å². The fraction of sp³-hybridized carbons (Fsp3) is 0.240. The molecule has 5 nitrogen and oxygen atoms in total. The van der Waals surface area contributed by atoms with Gasteiger partial charge in [-0.3, -0.25) is 0 Å². The Kier molecular flexibility index (Phi) is 6.37. The predicted octanol–water partition coefficient (Wildman–Crippen LogP) is 6.66. The summed E-state index contributed by atoms with van der Waals surface area (Å²) < 4.78 is 21.8. The maximum atomic E-state index is 13.1. The molecule has 2 aromatic heterocycles. The van der Waals surface area contributed by atoms with Gasteiger partial charge in [0.25, 0.3) is 0 Å². The molecule has 0 aliphatic heterocycles. The van der Waals surface area contributed by atoms with Crippen molar-refractivity contribution in [1.29, 1.82) is 0 Å². The molecule has 0 N–H and O–H groups in total. The summed E-state index contributed by atoms with van der Waals surface area (Å²) in [7, 11) is 0. The van der Waals surface area contributed by atoms with Crippen molar-refractivity contribution >= 4 is 44.5 Å². The van der Waals surface area contributed by atoms with Gasteiger partial charge in [0.15, 0.2) is 0 Å². The van der Waals surface area contributed by atoms with Crippen molar-refractivity contribution in [1.82, 2.24) is 4.57 Å². The Balaban J connectivity index is 1.61. The van der Waals surface area contributed by atoms with Gasteiger partial charge in [-0.25, -0.2) is 9.18 Å². The molecule has 33 heavy (non-hydrogen) atoms. The monoisotopic (exact) mass is 525 g/mol. The first-order chi connectivity index (χ1) is 16.1. The van der Waals surface area contributed by atoms with Crippen LogP contribution in [-0.2, 0) is 0 Å². The average molecular weight is 526 g/mol. The Bertz CT molecular complexity index is 1450. The van der Waals surface area contributed by atoms with Crippen LogP contribution in [0.15, 0.2) is 77.8 Å². The van der Waals surface area contributed by atoms with E-state index in [0.717, 1.165) is 51.6 Å². The molecule has 1 fully saturated rings. The molecule has 0 bridgehead atoms. The van der Waals surface area contributed by atoms with Gasteiger partial charge in [-0.15, -0.1) is 16.4 Å². The van der Waals surface area contributed by atoms with E-state index in [0.29, 0.717) is 11.1 Å². The van der Waals surface area contributed by atoms with Crippen LogP contribution in [0.1, 0.15) is 43.7 Å². The van der Waals surface area contributed by atoms with E-state index >= 15 is 0 Å². The van der Waals surface area contributed by atoms with E-state index in [2.05, 4.69) is 30.7 Å². The van der Waals surface area contributed by atoms with Crippen LogP contribution in [0.25, 0.3) is 22.2 Å². The summed E-state index contributed by atoms with van der Waals surface area (Å²) in [5.41, 5.74) is 2.28. The molecule has 0 spiro atoms. The van der Waals surface area contributed by atoms with E-state index in [9.17, 15) is 9.18 Å². The largest absolute Gasteiger partial charge is 0.422 e. The fourth-order valence-electron chi connectivity index (χ4n) is 4.25. The second-order valence-corrected chi connectivity index (χ2v) is 9.84. The molecular weight excluding hydrogens is 505 g/mol. The lowest BCUT2D eigenvalue weighted by atomic mass is 9.95. The van der Waals surface area contributed by atoms with Crippen LogP contribution in [-0.4, -0.2) is 10.8 Å². The highest BCUT2D eigenvalue weighted by Gasteiger charge is 2.22. The summed E-state index contributed by atoms with van der Waals surface area (Å²) in [5.74, 6) is -0.289. The molecule has 0 radical (unpaired) electrons. The van der Waals surface area contributed by atoms with Gasteiger partial charge in [-0.05, 0) is 54.8 Å². The van der Waals surface area contributed by atoms with E-state index in [1.807, 2.05) is 23.6 Å². The smallest absolute Gasteiger partial charge is 0.345 e. The van der Waals surface area contributed by atoms with E-state index in [1.165, 1.54) is 29.9 Å². The number of benzene rings is 2. The van der Waals surface area contributed by atoms with Crippen LogP contribution in [0.2, 0.25) is 0 Å². The maximum absolute atomic E-state index is 13.1. The van der Waals surface area contributed by atoms with Gasteiger partial charge < -0.3 is 8.98 Å². The van der Waals surface area contributed by atoms with Crippen molar-refractivity contribution in [2.45, 2.75) is 38.1 Å². The number of fused-ring (bicyclic) bond motifs is 1. The molecule has 8 heteroatoms. The van der Waals surface area contributed by atoms with Gasteiger partial charge in [0.1, 0.15) is 11.4 Å². The third-order valence-electron chi connectivity index (χ3n) is 5.87. The SMILES string of the molecule is O=c1oc2ccc(Br)cc2cc1-c1cs/c(=N\N=C/c2ccc(F)cc2)n1C1CCCCC1. The van der Waals surface area contributed by atoms with Crippen LogP contribution in [0.4, 0.5) is 4.39 Å². The number of hydrogen-bond acceptors (Lipinski definition) is 5. The third-order valence-corrected chi connectivity index (χ3v) is 7.20. The number of thiazole rings is 1. The average Bonchev–Trinajstić information content (AvgIpc) is 3.24. The van der Waals surface area contributed by atoms with Crippen LogP contribution in [0.5, 0.6) is 0 Å².